The monoisotopic (exact) mass is 225 g/mol. The smallest absolute Gasteiger partial charge is 0.336 e. The second-order valence-electron chi connectivity index (χ2n) is 3.25. The number of ether oxygens (including phenoxy) is 1. The van der Waals surface area contributed by atoms with E-state index >= 15 is 0 Å². The third kappa shape index (κ3) is 1.92. The molecule has 0 bridgehead atoms. The van der Waals surface area contributed by atoms with Crippen LogP contribution < -0.4 is 4.74 Å². The fourth-order valence-corrected chi connectivity index (χ4v) is 2.61. The summed E-state index contributed by atoms with van der Waals surface area (Å²) in [4.78, 5) is 15.3. The minimum Gasteiger partial charge on any atom is -0.481 e. The highest BCUT2D eigenvalue weighted by molar-refractivity contribution is 7.98. The fraction of sp³-hybridized carbons (Fsp3) is 0.400. The number of thioether (sulfide) groups is 1. The van der Waals surface area contributed by atoms with Crippen LogP contribution in [0.15, 0.2) is 6.07 Å². The van der Waals surface area contributed by atoms with Gasteiger partial charge in [-0.1, -0.05) is 0 Å². The van der Waals surface area contributed by atoms with Gasteiger partial charge in [0.15, 0.2) is 0 Å². The number of hydrogen-bond donors (Lipinski definition) is 1. The number of methoxy groups -OCH3 is 1. The van der Waals surface area contributed by atoms with Gasteiger partial charge in [-0.15, -0.1) is 0 Å². The predicted molar refractivity (Wildman–Crippen MR) is 57.6 cm³/mol. The predicted octanol–water partition coefficient (Wildman–Crippen LogP) is 1.58. The Labute approximate surface area is 91.7 Å². The van der Waals surface area contributed by atoms with E-state index < -0.39 is 5.97 Å². The number of carboxylic acid groups (broad SMARTS) is 1. The van der Waals surface area contributed by atoms with E-state index in [0.29, 0.717) is 11.4 Å². The summed E-state index contributed by atoms with van der Waals surface area (Å²) in [6.45, 7) is 0. The Morgan fingerprint density at radius 1 is 1.67 bits per heavy atom. The Kier molecular flexibility index (Phi) is 2.81. The fourth-order valence-electron chi connectivity index (χ4n) is 1.61. The Bertz CT molecular complexity index is 406. The van der Waals surface area contributed by atoms with Crippen molar-refractivity contribution < 1.29 is 14.6 Å². The van der Waals surface area contributed by atoms with Crippen LogP contribution in [0.25, 0.3) is 0 Å². The molecule has 0 fully saturated rings. The van der Waals surface area contributed by atoms with Gasteiger partial charge in [-0.3, -0.25) is 0 Å². The minimum atomic E-state index is -0.908. The molecule has 15 heavy (non-hydrogen) atoms. The molecule has 1 aliphatic rings. The highest BCUT2D eigenvalue weighted by Crippen LogP contribution is 2.28. The van der Waals surface area contributed by atoms with Crippen LogP contribution in [0, 0.1) is 0 Å². The van der Waals surface area contributed by atoms with Gasteiger partial charge in [-0.25, -0.2) is 9.78 Å². The normalized spacial score (nSPS) is 14.5. The van der Waals surface area contributed by atoms with Crippen LogP contribution in [-0.2, 0) is 12.2 Å². The van der Waals surface area contributed by atoms with E-state index in [2.05, 4.69) is 4.98 Å². The van der Waals surface area contributed by atoms with Gasteiger partial charge >= 0.3 is 5.97 Å². The third-order valence-corrected chi connectivity index (χ3v) is 3.34. The summed E-state index contributed by atoms with van der Waals surface area (Å²) in [5, 5.41) is 9.07. The zero-order valence-electron chi connectivity index (χ0n) is 8.32. The standard InChI is InChI=1S/C10H11NO3S/c1-14-9-4-6(10(12)13)7-5-15-3-2-8(7)11-9/h4H,2-3,5H2,1H3,(H,12,13). The first-order valence-corrected chi connectivity index (χ1v) is 5.75. The summed E-state index contributed by atoms with van der Waals surface area (Å²) in [5.74, 6) is 1.20. The highest BCUT2D eigenvalue weighted by Gasteiger charge is 2.20. The van der Waals surface area contributed by atoms with E-state index in [0.717, 1.165) is 29.2 Å². The third-order valence-electron chi connectivity index (χ3n) is 2.36. The van der Waals surface area contributed by atoms with Crippen LogP contribution in [-0.4, -0.2) is 28.9 Å². The average molecular weight is 225 g/mol. The molecule has 2 rings (SSSR count). The second kappa shape index (κ2) is 4.10. The van der Waals surface area contributed by atoms with Crippen molar-refractivity contribution in [1.82, 2.24) is 4.98 Å². The number of rotatable bonds is 2. The molecule has 1 aromatic heterocycles. The van der Waals surface area contributed by atoms with E-state index in [1.54, 1.807) is 11.8 Å². The summed E-state index contributed by atoms with van der Waals surface area (Å²) < 4.78 is 4.99. The van der Waals surface area contributed by atoms with E-state index in [9.17, 15) is 4.79 Å². The maximum atomic E-state index is 11.0. The van der Waals surface area contributed by atoms with Gasteiger partial charge in [0, 0.05) is 11.8 Å². The van der Waals surface area contributed by atoms with E-state index in [4.69, 9.17) is 9.84 Å². The second-order valence-corrected chi connectivity index (χ2v) is 4.35. The average Bonchev–Trinajstić information content (AvgIpc) is 2.27. The summed E-state index contributed by atoms with van der Waals surface area (Å²) in [6, 6.07) is 1.49. The number of hydrogen-bond acceptors (Lipinski definition) is 4. The molecule has 0 aliphatic carbocycles. The Morgan fingerprint density at radius 2 is 2.47 bits per heavy atom. The maximum absolute atomic E-state index is 11.0. The number of aromatic carboxylic acids is 1. The first-order chi connectivity index (χ1) is 7.22. The zero-order valence-corrected chi connectivity index (χ0v) is 9.13. The molecule has 0 unspecified atom stereocenters. The molecule has 4 nitrogen and oxygen atoms in total. The van der Waals surface area contributed by atoms with Crippen molar-refractivity contribution in [2.45, 2.75) is 12.2 Å². The first kappa shape index (κ1) is 10.3. The molecule has 0 spiro atoms. The number of fused-ring (bicyclic) bond motifs is 1. The van der Waals surface area contributed by atoms with Gasteiger partial charge in [-0.2, -0.15) is 11.8 Å². The van der Waals surface area contributed by atoms with Gasteiger partial charge in [0.2, 0.25) is 5.88 Å². The molecule has 0 amide bonds. The lowest BCUT2D eigenvalue weighted by molar-refractivity contribution is 0.0695. The summed E-state index contributed by atoms with van der Waals surface area (Å²) in [7, 11) is 1.50. The largest absolute Gasteiger partial charge is 0.481 e. The van der Waals surface area contributed by atoms with Crippen molar-refractivity contribution in [3.8, 4) is 5.88 Å². The maximum Gasteiger partial charge on any atom is 0.336 e. The number of aryl methyl sites for hydroxylation is 1. The van der Waals surface area contributed by atoms with Gasteiger partial charge in [0.25, 0.3) is 0 Å². The molecule has 80 valence electrons. The minimum absolute atomic E-state index is 0.323. The van der Waals surface area contributed by atoms with Gasteiger partial charge in [0.1, 0.15) is 0 Å². The van der Waals surface area contributed by atoms with Gasteiger partial charge in [-0.05, 0) is 17.7 Å². The van der Waals surface area contributed by atoms with Crippen molar-refractivity contribution in [3.05, 3.63) is 22.9 Å². The molecule has 0 saturated carbocycles. The molecule has 0 radical (unpaired) electrons. The lowest BCUT2D eigenvalue weighted by Gasteiger charge is -2.17. The van der Waals surface area contributed by atoms with Crippen molar-refractivity contribution in [2.24, 2.45) is 0 Å². The number of aromatic nitrogens is 1. The van der Waals surface area contributed by atoms with E-state index in [1.165, 1.54) is 13.2 Å². The summed E-state index contributed by atoms with van der Waals surface area (Å²) in [5.41, 5.74) is 2.04. The van der Waals surface area contributed by atoms with Crippen LogP contribution in [0.1, 0.15) is 21.6 Å². The molecule has 1 aromatic rings. The summed E-state index contributed by atoms with van der Waals surface area (Å²) in [6.07, 6.45) is 0.817. The van der Waals surface area contributed by atoms with Crippen LogP contribution in [0.5, 0.6) is 5.88 Å². The van der Waals surface area contributed by atoms with Crippen LogP contribution in [0.3, 0.4) is 0 Å². The van der Waals surface area contributed by atoms with E-state index in [1.807, 2.05) is 0 Å². The number of pyridine rings is 1. The van der Waals surface area contributed by atoms with Gasteiger partial charge in [0.05, 0.1) is 18.4 Å². The highest BCUT2D eigenvalue weighted by atomic mass is 32.2. The molecule has 0 saturated heterocycles. The van der Waals surface area contributed by atoms with Gasteiger partial charge < -0.3 is 9.84 Å². The molecular formula is C10H11NO3S. The topological polar surface area (TPSA) is 59.4 Å². The SMILES string of the molecule is COc1cc(C(=O)O)c2c(n1)CCSC2. The molecular weight excluding hydrogens is 214 g/mol. The molecule has 0 atom stereocenters. The van der Waals surface area contributed by atoms with Crippen molar-refractivity contribution in [3.63, 3.8) is 0 Å². The zero-order chi connectivity index (χ0) is 10.8. The van der Waals surface area contributed by atoms with Crippen molar-refractivity contribution >= 4 is 17.7 Å². The summed E-state index contributed by atoms with van der Waals surface area (Å²) >= 11 is 1.74. The molecule has 1 aliphatic heterocycles. The first-order valence-electron chi connectivity index (χ1n) is 4.60. The van der Waals surface area contributed by atoms with Crippen LogP contribution >= 0.6 is 11.8 Å². The Morgan fingerprint density at radius 3 is 3.13 bits per heavy atom. The molecule has 2 heterocycles. The lowest BCUT2D eigenvalue weighted by Crippen LogP contribution is -2.12. The molecule has 1 N–H and O–H groups in total. The number of carboxylic acids is 1. The van der Waals surface area contributed by atoms with Crippen LogP contribution in [0.2, 0.25) is 0 Å². The number of carbonyl (C=O) groups is 1. The Hall–Kier alpha value is -1.23. The van der Waals surface area contributed by atoms with E-state index in [-0.39, 0.29) is 0 Å². The molecule has 0 aromatic carbocycles. The quantitative estimate of drug-likeness (QED) is 0.828. The van der Waals surface area contributed by atoms with Crippen LogP contribution in [0.4, 0.5) is 0 Å². The van der Waals surface area contributed by atoms with Crippen molar-refractivity contribution in [2.75, 3.05) is 12.9 Å². The molecule has 5 heteroatoms. The Balaban J connectivity index is 2.55. The lowest BCUT2D eigenvalue weighted by atomic mass is 10.1. The number of nitrogens with zero attached hydrogens (tertiary/aromatic N) is 1. The van der Waals surface area contributed by atoms with Crippen molar-refractivity contribution in [1.29, 1.82) is 0 Å².